The van der Waals surface area contributed by atoms with Crippen molar-refractivity contribution in [1.82, 2.24) is 79.7 Å². The largest absolute Gasteiger partial charge is 0.497 e. The summed E-state index contributed by atoms with van der Waals surface area (Å²) in [6.45, 7) is 33.0. The number of pyridine rings is 4. The minimum Gasteiger partial charge on any atom is -0.497 e. The van der Waals surface area contributed by atoms with E-state index in [0.29, 0.717) is 150 Å². The van der Waals surface area contributed by atoms with Gasteiger partial charge in [-0.15, -0.1) is 0 Å². The van der Waals surface area contributed by atoms with E-state index in [9.17, 15) is 5.11 Å². The Morgan fingerprint density at radius 1 is 0.320 bits per heavy atom. The lowest BCUT2D eigenvalue weighted by Gasteiger charge is -2.30. The molecule has 7 aromatic carbocycles. The molecule has 0 radical (unpaired) electrons. The van der Waals surface area contributed by atoms with Gasteiger partial charge in [0.15, 0.2) is 0 Å². The molecule has 10 N–H and O–H groups in total. The van der Waals surface area contributed by atoms with Gasteiger partial charge < -0.3 is 106 Å². The van der Waals surface area contributed by atoms with Crippen molar-refractivity contribution >= 4 is 143 Å². The van der Waals surface area contributed by atoms with Crippen molar-refractivity contribution in [3.63, 3.8) is 0 Å². The van der Waals surface area contributed by atoms with Crippen LogP contribution in [0.25, 0.3) is 43.6 Å². The molecule has 150 heavy (non-hydrogen) atoms. The number of aryl methyl sites for hydroxylation is 8. The molecule has 0 amide bonds. The minimum absolute atomic E-state index is 0. The zero-order chi connectivity index (χ0) is 102. The molecule has 790 valence electrons. The van der Waals surface area contributed by atoms with E-state index < -0.39 is 0 Å². The second-order valence-corrected chi connectivity index (χ2v) is 37.5. The van der Waals surface area contributed by atoms with Crippen molar-refractivity contribution in [3.05, 3.63) is 239 Å². The molecule has 8 aromatic heterocycles. The molecule has 0 bridgehead atoms. The molecule has 13 heterocycles. The van der Waals surface area contributed by atoms with Gasteiger partial charge in [-0.3, -0.25) is 19.9 Å². The summed E-state index contributed by atoms with van der Waals surface area (Å²) in [5.41, 5.74) is 19.5. The number of aromatic nitrogens is 16. The normalized spacial score (nSPS) is 14.3. The van der Waals surface area contributed by atoms with Crippen LogP contribution in [-0.2, 0) is 43.1 Å². The molecule has 0 spiro atoms. The monoisotopic (exact) mass is 2040 g/mol. The summed E-state index contributed by atoms with van der Waals surface area (Å²) in [4.78, 5) is 85.2. The number of nitrogens with one attached hydrogen (secondary N) is 9. The van der Waals surface area contributed by atoms with Gasteiger partial charge in [0.1, 0.15) is 5.75 Å². The van der Waals surface area contributed by atoms with Gasteiger partial charge in [0.2, 0.25) is 71.4 Å². The molecule has 5 aliphatic rings. The molecule has 5 saturated heterocycles. The third-order valence-electron chi connectivity index (χ3n) is 26.2. The molecule has 5 aliphatic heterocycles. The molecule has 37 nitrogen and oxygen atoms in total. The third-order valence-corrected chi connectivity index (χ3v) is 26.2. The van der Waals surface area contributed by atoms with Gasteiger partial charge in [-0.2, -0.15) is 59.8 Å². The van der Waals surface area contributed by atoms with Crippen LogP contribution in [0.3, 0.4) is 0 Å². The summed E-state index contributed by atoms with van der Waals surface area (Å²) in [7, 11) is 1.60. The SMILES string of the molecule is C.C.COc1cc(CO)cc(Nc2nc(NCCCCCCCCNc3ccnc4cc(C)ccc34)nc(N3CCOCC3)n2)c1.Cc1ccc2c(CCC(C)Nc3nc(N4CCOCC4)nc(N4CCOCC4)n3)ccnc2c1.Cc1ccc2c(CCCNc3nc(Nc4ccccc4C)nc(Nc4ccccc4C)n3)ccnc2c1.Cc1ccc2c(NCCNc3nc(N4CCOCC4)nc(N4CCOCC4)n3)ccnc2c1. The Morgan fingerprint density at radius 2 is 0.660 bits per heavy atom. The van der Waals surface area contributed by atoms with Gasteiger partial charge in [-0.05, 0) is 210 Å². The molecule has 0 saturated carbocycles. The Kier molecular flexibility index (Phi) is 40.6. The zero-order valence-electron chi connectivity index (χ0n) is 86.2. The van der Waals surface area contributed by atoms with Crippen LogP contribution in [0.15, 0.2) is 189 Å². The van der Waals surface area contributed by atoms with E-state index in [2.05, 4.69) is 269 Å². The quantitative estimate of drug-likeness (QED) is 0.0160. The molecule has 15 aromatic rings. The number of para-hydroxylation sites is 2. The molecule has 1 unspecified atom stereocenters. The minimum atomic E-state index is -0.0887. The fourth-order valence-electron chi connectivity index (χ4n) is 18.0. The summed E-state index contributed by atoms with van der Waals surface area (Å²) in [6.07, 6.45) is 18.2. The summed E-state index contributed by atoms with van der Waals surface area (Å²) >= 11 is 0. The summed E-state index contributed by atoms with van der Waals surface area (Å²) < 4.78 is 32.9. The number of anilines is 17. The van der Waals surface area contributed by atoms with Crippen LogP contribution >= 0.6 is 0 Å². The third kappa shape index (κ3) is 31.5. The van der Waals surface area contributed by atoms with Gasteiger partial charge in [0, 0.05) is 185 Å². The lowest BCUT2D eigenvalue weighted by Crippen LogP contribution is -2.40. The van der Waals surface area contributed by atoms with Gasteiger partial charge >= 0.3 is 0 Å². The second kappa shape index (κ2) is 55.8. The number of ether oxygens (including phenoxy) is 6. The average Bonchev–Trinajstić information content (AvgIpc) is 0.764. The fourth-order valence-corrected chi connectivity index (χ4v) is 18.0. The van der Waals surface area contributed by atoms with Crippen LogP contribution in [-0.4, -0.2) is 262 Å². The van der Waals surface area contributed by atoms with Crippen molar-refractivity contribution < 1.29 is 33.5 Å². The number of fused-ring (bicyclic) bond motifs is 4. The van der Waals surface area contributed by atoms with E-state index in [-0.39, 0.29) is 27.5 Å². The first-order chi connectivity index (χ1) is 72.6. The highest BCUT2D eigenvalue weighted by molar-refractivity contribution is 5.92. The number of nitrogens with zero attached hydrogens (tertiary/aromatic N) is 21. The molecule has 0 aliphatic carbocycles. The van der Waals surface area contributed by atoms with Crippen LogP contribution in [0.1, 0.15) is 123 Å². The highest BCUT2D eigenvalue weighted by Crippen LogP contribution is 2.32. The van der Waals surface area contributed by atoms with Crippen LogP contribution in [0.5, 0.6) is 5.75 Å². The Bertz CT molecular complexity index is 6670. The Hall–Kier alpha value is -15.0. The highest BCUT2D eigenvalue weighted by Gasteiger charge is 2.26. The number of hydrogen-bond donors (Lipinski definition) is 10. The smallest absolute Gasteiger partial charge is 0.233 e. The Labute approximate surface area is 880 Å². The molecule has 1 atom stereocenters. The topological polar surface area (TPSA) is 406 Å². The van der Waals surface area contributed by atoms with Crippen LogP contribution < -0.4 is 77.1 Å². The predicted molar refractivity (Wildman–Crippen MR) is 605 cm³/mol. The number of unbranched alkanes of at least 4 members (excludes halogenated alkanes) is 5. The van der Waals surface area contributed by atoms with Crippen molar-refractivity contribution in [2.45, 2.75) is 140 Å². The number of methoxy groups -OCH3 is 1. The number of hydrogen-bond acceptors (Lipinski definition) is 37. The number of morpholine rings is 5. The van der Waals surface area contributed by atoms with Crippen molar-refractivity contribution in [2.75, 3.05) is 244 Å². The maximum Gasteiger partial charge on any atom is 0.233 e. The van der Waals surface area contributed by atoms with Crippen LogP contribution in [0, 0.1) is 41.5 Å². The van der Waals surface area contributed by atoms with Crippen molar-refractivity contribution in [3.8, 4) is 5.75 Å². The Balaban J connectivity index is 0.000000150. The number of aliphatic hydroxyl groups is 1. The van der Waals surface area contributed by atoms with Crippen LogP contribution in [0.4, 0.5) is 99.8 Å². The highest BCUT2D eigenvalue weighted by atomic mass is 16.5. The number of rotatable bonds is 39. The second-order valence-electron chi connectivity index (χ2n) is 37.5. The predicted octanol–water partition coefficient (Wildman–Crippen LogP) is 18.6. The molecular formula is C113H146N30O7. The fraction of sp³-hybridized carbons (Fsp3) is 0.416. The van der Waals surface area contributed by atoms with E-state index in [1.165, 1.54) is 68.8 Å². The van der Waals surface area contributed by atoms with E-state index in [1.54, 1.807) is 13.2 Å². The molecule has 5 fully saturated rings. The van der Waals surface area contributed by atoms with Crippen LogP contribution in [0.2, 0.25) is 0 Å². The van der Waals surface area contributed by atoms with E-state index in [0.717, 1.165) is 209 Å². The lowest BCUT2D eigenvalue weighted by molar-refractivity contribution is 0.121. The first-order valence-electron chi connectivity index (χ1n) is 51.8. The van der Waals surface area contributed by atoms with Gasteiger partial charge in [0.25, 0.3) is 0 Å². The summed E-state index contributed by atoms with van der Waals surface area (Å²) in [5.74, 6) is 7.76. The average molecular weight is 2040 g/mol. The number of aliphatic hydroxyl groups excluding tert-OH is 1. The number of benzene rings is 7. The summed E-state index contributed by atoms with van der Waals surface area (Å²) in [5, 5.41) is 45.1. The standard InChI is InChI=1S/C33H44N8O3.C30H31N7.C25H33N7O2.C23H30N8O2.2CH4/c1-24-9-10-28-29(11-14-35-30(28)19-24)34-12-7-5-3-4-6-8-13-36-31-38-32(40-33(39-31)41-15-17-44-18-16-41)37-26-20-25(23-42)21-27(22-26)43-2;1-20-14-15-24-23(16-18-31-27(24)19-20)11-8-17-32-28-35-29(33-25-12-6-4-9-21(25)2)37-30(36-28)34-26-13-7-5-10-22(26)3;1-18-3-6-21-20(7-8-26-22(21)17-18)5-4-19(2)27-23-28-24(31-9-13-33-14-10-31)30-25(29-23)32-11-15-34-16-12-32;1-17-2-3-18-19(4-5-24-20(18)16-17)25-6-7-26-21-27-22(30-8-12-32-13-9-30)29-23(28-21)31-10-14-33-15-11-31;;/h9-11,14,19-22,42H,3-8,12-13,15-18,23H2,1-2H3,(H,34,35)(H2,36,37,38,39,40);4-7,9-10,12-16,18-19H,8,11,17H2,1-3H3,(H3,32,33,34,35,36,37);3,6-8,17,19H,4-5,9-16H2,1-2H3,(H,27,28,29,30);2-5,16H,6-15H2,1H3,(H,24,25)(H,26,27,28,29);2*1H4. The van der Waals surface area contributed by atoms with Gasteiger partial charge in [-0.25, -0.2) is 0 Å². The summed E-state index contributed by atoms with van der Waals surface area (Å²) in [6, 6.07) is 55.8. The van der Waals surface area contributed by atoms with E-state index >= 15 is 0 Å². The van der Waals surface area contributed by atoms with Gasteiger partial charge in [-0.1, -0.05) is 125 Å². The maximum absolute atomic E-state index is 9.64. The lowest BCUT2D eigenvalue weighted by atomic mass is 10.0. The van der Waals surface area contributed by atoms with E-state index in [4.69, 9.17) is 63.3 Å². The molecular weight excluding hydrogens is 1890 g/mol. The van der Waals surface area contributed by atoms with Gasteiger partial charge in [0.05, 0.1) is 102 Å². The molecule has 20 rings (SSSR count). The first kappa shape index (κ1) is 109. The van der Waals surface area contributed by atoms with Crippen molar-refractivity contribution in [1.29, 1.82) is 0 Å². The zero-order valence-corrected chi connectivity index (χ0v) is 86.2. The van der Waals surface area contributed by atoms with E-state index in [1.807, 2.05) is 79.4 Å². The van der Waals surface area contributed by atoms with Crippen molar-refractivity contribution in [2.24, 2.45) is 0 Å². The molecule has 37 heteroatoms. The first-order valence-corrected chi connectivity index (χ1v) is 51.8. The Morgan fingerprint density at radius 3 is 1.10 bits per heavy atom. The maximum atomic E-state index is 9.64.